The van der Waals surface area contributed by atoms with Crippen molar-refractivity contribution >= 4 is 5.78 Å². The minimum Gasteiger partial charge on any atom is -0.496 e. The average molecular weight is 234 g/mol. The molecule has 17 heavy (non-hydrogen) atoms. The van der Waals surface area contributed by atoms with E-state index in [1.807, 2.05) is 32.9 Å². The number of carbonyl (C=O) groups is 1. The fourth-order valence-corrected chi connectivity index (χ4v) is 2.19. The zero-order valence-corrected chi connectivity index (χ0v) is 10.8. The van der Waals surface area contributed by atoms with Crippen molar-refractivity contribution in [3.63, 3.8) is 0 Å². The number of fused-ring (bicyclic) bond motifs is 1. The number of aryl methyl sites for hydroxylation is 1. The second kappa shape index (κ2) is 4.06. The first-order valence-corrected chi connectivity index (χ1v) is 5.90. The van der Waals surface area contributed by atoms with Crippen molar-refractivity contribution in [1.82, 2.24) is 0 Å². The van der Waals surface area contributed by atoms with E-state index in [0.717, 1.165) is 17.7 Å². The molecule has 0 radical (unpaired) electrons. The first kappa shape index (κ1) is 12.0. The van der Waals surface area contributed by atoms with Gasteiger partial charge < -0.3 is 9.47 Å². The number of Topliss-reactive ketones (excluding diaryl/α,β-unsaturated/α-hetero) is 1. The number of benzene rings is 1. The Morgan fingerprint density at radius 1 is 1.41 bits per heavy atom. The van der Waals surface area contributed by atoms with Crippen molar-refractivity contribution in [3.8, 4) is 11.5 Å². The Kier molecular flexibility index (Phi) is 2.86. The molecule has 3 heteroatoms. The molecule has 0 saturated carbocycles. The minimum atomic E-state index is -0.428. The second-order valence-electron chi connectivity index (χ2n) is 4.98. The van der Waals surface area contributed by atoms with E-state index in [1.165, 1.54) is 0 Å². The summed E-state index contributed by atoms with van der Waals surface area (Å²) >= 11 is 0. The van der Waals surface area contributed by atoms with E-state index in [4.69, 9.17) is 9.47 Å². The van der Waals surface area contributed by atoms with E-state index in [-0.39, 0.29) is 5.78 Å². The Hall–Kier alpha value is -1.51. The Labute approximate surface area is 102 Å². The number of methoxy groups -OCH3 is 1. The second-order valence-corrected chi connectivity index (χ2v) is 4.98. The molecule has 92 valence electrons. The normalized spacial score (nSPS) is 17.3. The lowest BCUT2D eigenvalue weighted by Crippen LogP contribution is -2.35. The Bertz CT molecular complexity index is 461. The van der Waals surface area contributed by atoms with Crippen molar-refractivity contribution in [2.24, 2.45) is 0 Å². The first-order valence-electron chi connectivity index (χ1n) is 5.90. The Morgan fingerprint density at radius 3 is 2.71 bits per heavy atom. The number of carbonyl (C=O) groups excluding carboxylic acids is 1. The van der Waals surface area contributed by atoms with Crippen LogP contribution in [0.15, 0.2) is 12.1 Å². The lowest BCUT2D eigenvalue weighted by molar-refractivity contribution is 0.0618. The molecule has 1 aliphatic rings. The predicted molar refractivity (Wildman–Crippen MR) is 66.0 cm³/mol. The van der Waals surface area contributed by atoms with E-state index in [2.05, 4.69) is 0 Å². The quantitative estimate of drug-likeness (QED) is 0.789. The molecule has 1 aromatic carbocycles. The smallest absolute Gasteiger partial charge is 0.170 e. The fourth-order valence-electron chi connectivity index (χ4n) is 2.19. The molecule has 0 bridgehead atoms. The monoisotopic (exact) mass is 234 g/mol. The molecular weight excluding hydrogens is 216 g/mol. The molecule has 0 amide bonds. The van der Waals surface area contributed by atoms with Gasteiger partial charge in [0.25, 0.3) is 0 Å². The van der Waals surface area contributed by atoms with E-state index >= 15 is 0 Å². The van der Waals surface area contributed by atoms with Crippen LogP contribution in [0, 0.1) is 0 Å². The summed E-state index contributed by atoms with van der Waals surface area (Å²) in [4.78, 5) is 12.0. The van der Waals surface area contributed by atoms with Crippen LogP contribution in [0.1, 0.15) is 43.1 Å². The maximum atomic E-state index is 12.0. The Morgan fingerprint density at radius 2 is 2.12 bits per heavy atom. The highest BCUT2D eigenvalue weighted by Crippen LogP contribution is 2.37. The summed E-state index contributed by atoms with van der Waals surface area (Å²) in [5, 5.41) is 0. The third kappa shape index (κ3) is 2.14. The summed E-state index contributed by atoms with van der Waals surface area (Å²) in [6, 6.07) is 3.72. The van der Waals surface area contributed by atoms with Crippen LogP contribution in [0.5, 0.6) is 11.5 Å². The number of hydrogen-bond acceptors (Lipinski definition) is 3. The van der Waals surface area contributed by atoms with Crippen LogP contribution < -0.4 is 9.47 Å². The van der Waals surface area contributed by atoms with Gasteiger partial charge in [0.2, 0.25) is 0 Å². The number of hydrogen-bond donors (Lipinski definition) is 0. The van der Waals surface area contributed by atoms with Gasteiger partial charge in [0.1, 0.15) is 17.1 Å². The summed E-state index contributed by atoms with van der Waals surface area (Å²) in [6.45, 7) is 5.89. The number of rotatable bonds is 2. The maximum absolute atomic E-state index is 12.0. The van der Waals surface area contributed by atoms with Gasteiger partial charge in [-0.1, -0.05) is 6.92 Å². The largest absolute Gasteiger partial charge is 0.496 e. The van der Waals surface area contributed by atoms with Crippen LogP contribution in [0.2, 0.25) is 0 Å². The number of ether oxygens (including phenoxy) is 2. The van der Waals surface area contributed by atoms with Gasteiger partial charge in [0.15, 0.2) is 5.78 Å². The molecule has 0 unspecified atom stereocenters. The van der Waals surface area contributed by atoms with Crippen LogP contribution >= 0.6 is 0 Å². The lowest BCUT2D eigenvalue weighted by atomic mass is 9.91. The maximum Gasteiger partial charge on any atom is 0.170 e. The molecule has 1 aromatic rings. The van der Waals surface area contributed by atoms with Gasteiger partial charge in [-0.3, -0.25) is 4.79 Å². The summed E-state index contributed by atoms with van der Waals surface area (Å²) in [5.74, 6) is 1.57. The van der Waals surface area contributed by atoms with Crippen LogP contribution in [-0.2, 0) is 6.42 Å². The minimum absolute atomic E-state index is 0.147. The molecule has 1 aliphatic heterocycles. The first-order chi connectivity index (χ1) is 7.96. The third-order valence-electron chi connectivity index (χ3n) is 3.04. The summed E-state index contributed by atoms with van der Waals surface area (Å²) < 4.78 is 11.1. The summed E-state index contributed by atoms with van der Waals surface area (Å²) in [7, 11) is 1.64. The molecule has 0 fully saturated rings. The summed E-state index contributed by atoms with van der Waals surface area (Å²) in [5.41, 5.74) is 1.30. The molecule has 1 heterocycles. The standard InChI is InChI=1S/C14H18O3/c1-5-9-6-10-11(15)8-14(2,3)17-13(10)7-12(9)16-4/h6-7H,5,8H2,1-4H3. The third-order valence-corrected chi connectivity index (χ3v) is 3.04. The fraction of sp³-hybridized carbons (Fsp3) is 0.500. The van der Waals surface area contributed by atoms with Crippen LogP contribution in [-0.4, -0.2) is 18.5 Å². The molecule has 0 aromatic heterocycles. The van der Waals surface area contributed by atoms with E-state index in [9.17, 15) is 4.79 Å². The van der Waals surface area contributed by atoms with Crippen molar-refractivity contribution in [2.75, 3.05) is 7.11 Å². The van der Waals surface area contributed by atoms with Crippen molar-refractivity contribution in [1.29, 1.82) is 0 Å². The molecule has 0 aliphatic carbocycles. The van der Waals surface area contributed by atoms with Gasteiger partial charge >= 0.3 is 0 Å². The Balaban J connectivity index is 2.53. The van der Waals surface area contributed by atoms with Gasteiger partial charge in [-0.15, -0.1) is 0 Å². The van der Waals surface area contributed by atoms with Gasteiger partial charge in [0.05, 0.1) is 19.1 Å². The predicted octanol–water partition coefficient (Wildman–Crippen LogP) is 3.00. The molecule has 0 atom stereocenters. The van der Waals surface area contributed by atoms with E-state index < -0.39 is 5.60 Å². The highest BCUT2D eigenvalue weighted by Gasteiger charge is 2.33. The van der Waals surface area contributed by atoms with Gasteiger partial charge in [-0.05, 0) is 31.9 Å². The lowest BCUT2D eigenvalue weighted by Gasteiger charge is -2.32. The van der Waals surface area contributed by atoms with Gasteiger partial charge in [-0.25, -0.2) is 0 Å². The van der Waals surface area contributed by atoms with Crippen LogP contribution in [0.4, 0.5) is 0 Å². The molecule has 3 nitrogen and oxygen atoms in total. The molecule has 0 N–H and O–H groups in total. The van der Waals surface area contributed by atoms with Crippen LogP contribution in [0.25, 0.3) is 0 Å². The zero-order valence-electron chi connectivity index (χ0n) is 10.8. The molecule has 0 spiro atoms. The van der Waals surface area contributed by atoms with E-state index in [1.54, 1.807) is 7.11 Å². The summed E-state index contributed by atoms with van der Waals surface area (Å²) in [6.07, 6.45) is 1.27. The molecule has 0 saturated heterocycles. The van der Waals surface area contributed by atoms with E-state index in [0.29, 0.717) is 17.7 Å². The average Bonchev–Trinajstić information content (AvgIpc) is 2.26. The van der Waals surface area contributed by atoms with Crippen molar-refractivity contribution < 1.29 is 14.3 Å². The SMILES string of the molecule is CCc1cc2c(cc1OC)OC(C)(C)CC2=O. The number of ketones is 1. The highest BCUT2D eigenvalue weighted by atomic mass is 16.5. The van der Waals surface area contributed by atoms with Crippen molar-refractivity contribution in [2.45, 2.75) is 39.2 Å². The molecular formula is C14H18O3. The van der Waals surface area contributed by atoms with Gasteiger partial charge in [-0.2, -0.15) is 0 Å². The zero-order chi connectivity index (χ0) is 12.6. The van der Waals surface area contributed by atoms with Crippen LogP contribution in [0.3, 0.4) is 0 Å². The molecule has 2 rings (SSSR count). The van der Waals surface area contributed by atoms with Gasteiger partial charge in [0, 0.05) is 6.07 Å². The topological polar surface area (TPSA) is 35.5 Å². The van der Waals surface area contributed by atoms with Crippen molar-refractivity contribution in [3.05, 3.63) is 23.3 Å². The highest BCUT2D eigenvalue weighted by molar-refractivity contribution is 6.00.